The number of methoxy groups -OCH3 is 2. The summed E-state index contributed by atoms with van der Waals surface area (Å²) < 4.78 is 13.7. The third kappa shape index (κ3) is 2.17. The summed E-state index contributed by atoms with van der Waals surface area (Å²) in [5.74, 6) is 1.37. The Hall–Kier alpha value is -2.24. The first-order chi connectivity index (χ1) is 12.7. The lowest BCUT2D eigenvalue weighted by Crippen LogP contribution is -2.45. The monoisotopic (exact) mass is 351 g/mol. The van der Waals surface area contributed by atoms with Crippen molar-refractivity contribution in [3.05, 3.63) is 64.9 Å². The van der Waals surface area contributed by atoms with E-state index in [1.807, 2.05) is 19.4 Å². The fraction of sp³-hybridized carbons (Fsp3) is 0.429. The van der Waals surface area contributed by atoms with Gasteiger partial charge in [-0.1, -0.05) is 12.2 Å². The van der Waals surface area contributed by atoms with Crippen molar-refractivity contribution in [3.63, 3.8) is 0 Å². The van der Waals surface area contributed by atoms with Crippen LogP contribution in [0.1, 0.15) is 29.2 Å². The highest BCUT2D eigenvalue weighted by Gasteiger charge is 2.56. The smallest absolute Gasteiger partial charge is 0.126 e. The second kappa shape index (κ2) is 5.63. The molecule has 3 heterocycles. The molecule has 5 heteroatoms. The van der Waals surface area contributed by atoms with Gasteiger partial charge in [-0.2, -0.15) is 0 Å². The minimum absolute atomic E-state index is 0.0986. The summed E-state index contributed by atoms with van der Waals surface area (Å²) in [6, 6.07) is 0. The zero-order valence-corrected chi connectivity index (χ0v) is 15.5. The van der Waals surface area contributed by atoms with Crippen molar-refractivity contribution in [1.82, 2.24) is 15.2 Å². The molecule has 0 aromatic carbocycles. The van der Waals surface area contributed by atoms with Crippen LogP contribution in [0.2, 0.25) is 0 Å². The number of aryl methyl sites for hydroxylation is 1. The molecule has 3 unspecified atom stereocenters. The van der Waals surface area contributed by atoms with E-state index in [2.05, 4.69) is 46.7 Å². The van der Waals surface area contributed by atoms with Gasteiger partial charge in [-0.25, -0.2) is 0 Å². The maximum Gasteiger partial charge on any atom is 0.126 e. The minimum Gasteiger partial charge on any atom is -0.496 e. The number of hydrogen-bond acceptors (Lipinski definition) is 4. The topological polar surface area (TPSA) is 47.5 Å². The molecule has 3 atom stereocenters. The highest BCUT2D eigenvalue weighted by atomic mass is 16.5. The number of fused-ring (bicyclic) bond motifs is 4. The average molecular weight is 351 g/mol. The predicted molar refractivity (Wildman–Crippen MR) is 101 cm³/mol. The van der Waals surface area contributed by atoms with Gasteiger partial charge >= 0.3 is 0 Å². The van der Waals surface area contributed by atoms with E-state index in [1.54, 1.807) is 7.11 Å². The maximum atomic E-state index is 5.88. The molecule has 1 aromatic rings. The first kappa shape index (κ1) is 16.0. The van der Waals surface area contributed by atoms with Gasteiger partial charge in [-0.05, 0) is 29.7 Å². The molecule has 0 bridgehead atoms. The lowest BCUT2D eigenvalue weighted by atomic mass is 9.92. The molecule has 0 amide bonds. The summed E-state index contributed by atoms with van der Waals surface area (Å²) in [6.45, 7) is 0.836. The zero-order chi connectivity index (χ0) is 17.9. The lowest BCUT2D eigenvalue weighted by Gasteiger charge is -2.30. The van der Waals surface area contributed by atoms with Crippen LogP contribution in [-0.2, 0) is 22.9 Å². The molecule has 0 radical (unpaired) electrons. The van der Waals surface area contributed by atoms with E-state index in [0.717, 1.165) is 30.7 Å². The van der Waals surface area contributed by atoms with Crippen molar-refractivity contribution >= 4 is 5.57 Å². The van der Waals surface area contributed by atoms with E-state index in [1.165, 1.54) is 22.4 Å². The standard InChI is InChI=1S/C21H25N3O2/c1-24-12-15(19-16-10-21(16,26-3)7-4-5-17(19)24)13-9-14-18(25-2)6-8-22-20(14)23-11-13/h4,6-9,12,16,20,22-23H,5,10-11H2,1-3H3. The van der Waals surface area contributed by atoms with E-state index in [9.17, 15) is 0 Å². The minimum atomic E-state index is -0.0986. The number of dihydropyridines is 1. The second-order valence-electron chi connectivity index (χ2n) is 7.54. The Morgan fingerprint density at radius 2 is 2.19 bits per heavy atom. The van der Waals surface area contributed by atoms with Crippen molar-refractivity contribution in [1.29, 1.82) is 0 Å². The largest absolute Gasteiger partial charge is 0.496 e. The number of ether oxygens (including phenoxy) is 2. The van der Waals surface area contributed by atoms with Crippen molar-refractivity contribution in [2.45, 2.75) is 30.5 Å². The van der Waals surface area contributed by atoms with Crippen LogP contribution in [0, 0.1) is 0 Å². The van der Waals surface area contributed by atoms with Crippen LogP contribution < -0.4 is 10.6 Å². The van der Waals surface area contributed by atoms with Crippen LogP contribution in [-0.4, -0.2) is 37.1 Å². The second-order valence-corrected chi connectivity index (χ2v) is 7.54. The zero-order valence-electron chi connectivity index (χ0n) is 15.5. The summed E-state index contributed by atoms with van der Waals surface area (Å²) in [6.07, 6.45) is 15.2. The van der Waals surface area contributed by atoms with E-state index in [0.29, 0.717) is 5.92 Å². The molecule has 1 fully saturated rings. The molecule has 4 aliphatic rings. The quantitative estimate of drug-likeness (QED) is 0.821. The van der Waals surface area contributed by atoms with Gasteiger partial charge < -0.3 is 19.4 Å². The number of allylic oxidation sites excluding steroid dienone is 2. The predicted octanol–water partition coefficient (Wildman–Crippen LogP) is 2.34. The van der Waals surface area contributed by atoms with E-state index < -0.39 is 0 Å². The van der Waals surface area contributed by atoms with E-state index >= 15 is 0 Å². The summed E-state index contributed by atoms with van der Waals surface area (Å²) in [4.78, 5) is 0. The molecule has 5 rings (SSSR count). The third-order valence-corrected chi connectivity index (χ3v) is 6.23. The number of rotatable bonds is 3. The van der Waals surface area contributed by atoms with Crippen LogP contribution in [0.15, 0.2) is 48.0 Å². The van der Waals surface area contributed by atoms with Crippen LogP contribution in [0.5, 0.6) is 0 Å². The van der Waals surface area contributed by atoms with E-state index in [-0.39, 0.29) is 11.8 Å². The Labute approximate surface area is 154 Å². The molecule has 5 nitrogen and oxygen atoms in total. The van der Waals surface area contributed by atoms with Gasteiger partial charge in [0.05, 0.1) is 12.7 Å². The molecule has 2 aliphatic heterocycles. The van der Waals surface area contributed by atoms with Gasteiger partial charge in [-0.15, -0.1) is 0 Å². The number of nitrogens with one attached hydrogen (secondary N) is 2. The fourth-order valence-electron chi connectivity index (χ4n) is 4.72. The van der Waals surface area contributed by atoms with Crippen LogP contribution in [0.3, 0.4) is 0 Å². The Morgan fingerprint density at radius 1 is 1.31 bits per heavy atom. The van der Waals surface area contributed by atoms with Crippen molar-refractivity contribution in [2.75, 3.05) is 20.8 Å². The van der Waals surface area contributed by atoms with Crippen LogP contribution >= 0.6 is 0 Å². The highest BCUT2D eigenvalue weighted by molar-refractivity contribution is 5.76. The molecule has 1 aromatic heterocycles. The molecule has 1 saturated carbocycles. The highest BCUT2D eigenvalue weighted by Crippen LogP contribution is 2.58. The molecule has 0 saturated heterocycles. The number of aromatic nitrogens is 1. The molecule has 2 N–H and O–H groups in total. The number of hydrogen-bond donors (Lipinski definition) is 2. The SMILES string of the molecule is COC1=C2C=C(c3cn(C)c4c3C3CC3(OC)C=CC4)CNC2NC=C1. The summed E-state index contributed by atoms with van der Waals surface area (Å²) in [5, 5.41) is 6.95. The molecular formula is C21H25N3O2. The van der Waals surface area contributed by atoms with Gasteiger partial charge in [0, 0.05) is 62.3 Å². The first-order valence-corrected chi connectivity index (χ1v) is 9.23. The van der Waals surface area contributed by atoms with Crippen LogP contribution in [0.4, 0.5) is 0 Å². The number of nitrogens with zero attached hydrogens (tertiary/aromatic N) is 1. The Bertz CT molecular complexity index is 889. The van der Waals surface area contributed by atoms with Crippen molar-refractivity contribution in [2.24, 2.45) is 7.05 Å². The van der Waals surface area contributed by atoms with Gasteiger partial charge in [0.25, 0.3) is 0 Å². The van der Waals surface area contributed by atoms with Gasteiger partial charge in [-0.3, -0.25) is 5.32 Å². The van der Waals surface area contributed by atoms with Crippen molar-refractivity contribution in [3.8, 4) is 0 Å². The third-order valence-electron chi connectivity index (χ3n) is 6.23. The molecule has 26 heavy (non-hydrogen) atoms. The molecule has 136 valence electrons. The van der Waals surface area contributed by atoms with E-state index in [4.69, 9.17) is 9.47 Å². The molecule has 0 spiro atoms. The van der Waals surface area contributed by atoms with Crippen LogP contribution in [0.25, 0.3) is 5.57 Å². The Kier molecular flexibility index (Phi) is 3.46. The first-order valence-electron chi connectivity index (χ1n) is 9.23. The van der Waals surface area contributed by atoms with Gasteiger partial charge in [0.2, 0.25) is 0 Å². The molecule has 2 aliphatic carbocycles. The lowest BCUT2D eigenvalue weighted by molar-refractivity contribution is 0.116. The molecular weight excluding hydrogens is 326 g/mol. The Balaban J connectivity index is 1.62. The summed E-state index contributed by atoms with van der Waals surface area (Å²) in [7, 11) is 5.72. The Morgan fingerprint density at radius 3 is 3.00 bits per heavy atom. The van der Waals surface area contributed by atoms with Gasteiger partial charge in [0.15, 0.2) is 0 Å². The van der Waals surface area contributed by atoms with Crippen molar-refractivity contribution < 1.29 is 9.47 Å². The normalized spacial score (nSPS) is 31.4. The average Bonchev–Trinajstić information content (AvgIpc) is 3.32. The summed E-state index contributed by atoms with van der Waals surface area (Å²) in [5.41, 5.74) is 6.60. The van der Waals surface area contributed by atoms with Gasteiger partial charge in [0.1, 0.15) is 11.9 Å². The summed E-state index contributed by atoms with van der Waals surface area (Å²) >= 11 is 0. The fourth-order valence-corrected chi connectivity index (χ4v) is 4.72. The maximum absolute atomic E-state index is 5.88.